The van der Waals surface area contributed by atoms with Gasteiger partial charge >= 0.3 is 0 Å². The number of rotatable bonds is 8. The Morgan fingerprint density at radius 3 is 2.46 bits per heavy atom. The van der Waals surface area contributed by atoms with Crippen LogP contribution >= 0.6 is 0 Å². The van der Waals surface area contributed by atoms with Gasteiger partial charge in [0.25, 0.3) is 5.69 Å². The molecule has 1 aromatic carbocycles. The van der Waals surface area contributed by atoms with E-state index in [1.54, 1.807) is 0 Å². The van der Waals surface area contributed by atoms with Gasteiger partial charge in [-0.05, 0) is 12.5 Å². The zero-order chi connectivity index (χ0) is 19.4. The van der Waals surface area contributed by atoms with Crippen molar-refractivity contribution in [3.8, 4) is 0 Å². The number of nitrogens with one attached hydrogen (secondary N) is 1. The number of nitro benzene ring substituents is 1. The summed E-state index contributed by atoms with van der Waals surface area (Å²) in [5, 5.41) is 18.8. The largest absolute Gasteiger partial charge is 0.384 e. The smallest absolute Gasteiger partial charge is 0.270 e. The molecule has 0 aromatic heterocycles. The minimum atomic E-state index is -3.97. The number of non-ortho nitro benzene ring substituents is 1. The number of ether oxygens (including phenoxy) is 1. The van der Waals surface area contributed by atoms with Gasteiger partial charge < -0.3 is 10.1 Å². The van der Waals surface area contributed by atoms with Crippen molar-refractivity contribution >= 4 is 31.4 Å². The first-order chi connectivity index (χ1) is 12.1. The van der Waals surface area contributed by atoms with E-state index in [0.29, 0.717) is 0 Å². The molecule has 11 nitrogen and oxygen atoms in total. The van der Waals surface area contributed by atoms with Gasteiger partial charge in [0.2, 0.25) is 20.0 Å². The van der Waals surface area contributed by atoms with Gasteiger partial charge in [-0.15, -0.1) is 0 Å². The van der Waals surface area contributed by atoms with Crippen LogP contribution in [-0.2, 0) is 24.8 Å². The zero-order valence-electron chi connectivity index (χ0n) is 13.8. The van der Waals surface area contributed by atoms with E-state index in [1.807, 2.05) is 0 Å². The number of sulfonamides is 2. The van der Waals surface area contributed by atoms with Crippen molar-refractivity contribution in [2.45, 2.75) is 11.3 Å². The molecule has 0 bridgehead atoms. The van der Waals surface area contributed by atoms with Crippen molar-refractivity contribution < 1.29 is 26.5 Å². The minimum absolute atomic E-state index is 0.139. The summed E-state index contributed by atoms with van der Waals surface area (Å²) >= 11 is 0. The molecule has 26 heavy (non-hydrogen) atoms. The van der Waals surface area contributed by atoms with Crippen molar-refractivity contribution in [1.82, 2.24) is 4.31 Å². The van der Waals surface area contributed by atoms with Gasteiger partial charge in [-0.2, -0.15) is 4.31 Å². The van der Waals surface area contributed by atoms with E-state index in [4.69, 9.17) is 9.88 Å². The molecule has 0 spiro atoms. The van der Waals surface area contributed by atoms with E-state index in [2.05, 4.69) is 5.32 Å². The maximum Gasteiger partial charge on any atom is 0.270 e. The molecule has 0 amide bonds. The summed E-state index contributed by atoms with van der Waals surface area (Å²) in [6, 6.07) is 3.47. The van der Waals surface area contributed by atoms with Gasteiger partial charge in [0.05, 0.1) is 29.6 Å². The number of nitrogens with two attached hydrogens (primary N) is 1. The van der Waals surface area contributed by atoms with E-state index in [-0.39, 0.29) is 61.3 Å². The van der Waals surface area contributed by atoms with E-state index in [0.717, 1.165) is 6.07 Å². The van der Waals surface area contributed by atoms with Crippen molar-refractivity contribution in [2.75, 3.05) is 43.9 Å². The fourth-order valence-electron chi connectivity index (χ4n) is 2.41. The Morgan fingerprint density at radius 1 is 1.23 bits per heavy atom. The molecule has 1 heterocycles. The molecule has 1 aromatic rings. The molecule has 0 saturated carbocycles. The summed E-state index contributed by atoms with van der Waals surface area (Å²) < 4.78 is 54.0. The third-order valence-electron chi connectivity index (χ3n) is 3.68. The van der Waals surface area contributed by atoms with Crippen LogP contribution in [0.3, 0.4) is 0 Å². The molecule has 0 unspecified atom stereocenters. The number of nitro groups is 1. The Balaban J connectivity index is 2.28. The van der Waals surface area contributed by atoms with Crippen molar-refractivity contribution in [3.63, 3.8) is 0 Å². The fraction of sp³-hybridized carbons (Fsp3) is 0.538. The van der Waals surface area contributed by atoms with Gasteiger partial charge in [-0.3, -0.25) is 10.1 Å². The van der Waals surface area contributed by atoms with E-state index >= 15 is 0 Å². The number of hydrogen-bond donors (Lipinski definition) is 2. The van der Waals surface area contributed by atoms with Crippen molar-refractivity contribution in [1.29, 1.82) is 0 Å². The topological polar surface area (TPSA) is 162 Å². The van der Waals surface area contributed by atoms with E-state index < -0.39 is 25.0 Å². The van der Waals surface area contributed by atoms with Crippen LogP contribution in [0.4, 0.5) is 11.4 Å². The molecule has 3 N–H and O–H groups in total. The maximum absolute atomic E-state index is 12.9. The quantitative estimate of drug-likeness (QED) is 0.337. The number of anilines is 1. The number of benzene rings is 1. The Labute approximate surface area is 151 Å². The number of hydrogen-bond acceptors (Lipinski definition) is 8. The lowest BCUT2D eigenvalue weighted by Gasteiger charge is -2.27. The Bertz CT molecular complexity index is 864. The van der Waals surface area contributed by atoms with Gasteiger partial charge in [-0.1, -0.05) is 0 Å². The highest BCUT2D eigenvalue weighted by atomic mass is 32.2. The summed E-state index contributed by atoms with van der Waals surface area (Å²) in [6.07, 6.45) is 0.160. The highest BCUT2D eigenvalue weighted by Crippen LogP contribution is 2.29. The minimum Gasteiger partial charge on any atom is -0.384 e. The van der Waals surface area contributed by atoms with Crippen molar-refractivity contribution in [2.24, 2.45) is 5.14 Å². The van der Waals surface area contributed by atoms with Crippen LogP contribution in [0, 0.1) is 10.1 Å². The molecule has 0 aliphatic carbocycles. The van der Waals surface area contributed by atoms with Gasteiger partial charge in [0.1, 0.15) is 4.90 Å². The van der Waals surface area contributed by atoms with Crippen LogP contribution < -0.4 is 10.5 Å². The van der Waals surface area contributed by atoms with Crippen molar-refractivity contribution in [3.05, 3.63) is 28.3 Å². The van der Waals surface area contributed by atoms with Crippen LogP contribution in [0.25, 0.3) is 0 Å². The fourth-order valence-corrected chi connectivity index (χ4v) is 4.55. The van der Waals surface area contributed by atoms with Crippen LogP contribution in [0.1, 0.15) is 6.42 Å². The highest BCUT2D eigenvalue weighted by molar-refractivity contribution is 7.89. The van der Waals surface area contributed by atoms with Crippen LogP contribution in [0.2, 0.25) is 0 Å². The lowest BCUT2D eigenvalue weighted by atomic mass is 10.3. The van der Waals surface area contributed by atoms with Gasteiger partial charge in [0, 0.05) is 31.8 Å². The normalized spacial score (nSPS) is 16.3. The Morgan fingerprint density at radius 2 is 1.88 bits per heavy atom. The summed E-state index contributed by atoms with van der Waals surface area (Å²) in [4.78, 5) is 10.1. The second-order valence-electron chi connectivity index (χ2n) is 5.60. The lowest BCUT2D eigenvalue weighted by Crippen LogP contribution is -2.40. The third-order valence-corrected chi connectivity index (χ3v) is 6.48. The first-order valence-corrected chi connectivity index (χ1v) is 10.9. The second kappa shape index (κ2) is 8.26. The highest BCUT2D eigenvalue weighted by Gasteiger charge is 2.30. The predicted molar refractivity (Wildman–Crippen MR) is 93.8 cm³/mol. The number of primary sulfonamides is 1. The monoisotopic (exact) mass is 408 g/mol. The molecule has 146 valence electrons. The van der Waals surface area contributed by atoms with E-state index in [9.17, 15) is 26.9 Å². The lowest BCUT2D eigenvalue weighted by molar-refractivity contribution is -0.385. The first-order valence-electron chi connectivity index (χ1n) is 7.72. The molecule has 0 radical (unpaired) electrons. The van der Waals surface area contributed by atoms with Crippen LogP contribution in [0.5, 0.6) is 0 Å². The van der Waals surface area contributed by atoms with Crippen LogP contribution in [0.15, 0.2) is 23.1 Å². The molecule has 1 saturated heterocycles. The number of morpholine rings is 1. The van der Waals surface area contributed by atoms with Gasteiger partial charge in [-0.25, -0.2) is 22.0 Å². The maximum atomic E-state index is 12.9. The summed E-state index contributed by atoms with van der Waals surface area (Å²) in [5.74, 6) is -0.265. The first kappa shape index (κ1) is 20.5. The molecule has 13 heteroatoms. The second-order valence-corrected chi connectivity index (χ2v) is 9.24. The van der Waals surface area contributed by atoms with Gasteiger partial charge in [0.15, 0.2) is 0 Å². The average Bonchev–Trinajstić information content (AvgIpc) is 2.58. The Hall–Kier alpha value is -1.80. The summed E-state index contributed by atoms with van der Waals surface area (Å²) in [5.41, 5.74) is -0.191. The molecule has 0 atom stereocenters. The summed E-state index contributed by atoms with van der Waals surface area (Å²) in [6.45, 7) is 0.919. The van der Waals surface area contributed by atoms with Crippen LogP contribution in [-0.4, -0.2) is 64.7 Å². The molecule has 1 fully saturated rings. The van der Waals surface area contributed by atoms with E-state index in [1.165, 1.54) is 16.4 Å². The summed E-state index contributed by atoms with van der Waals surface area (Å²) in [7, 11) is -7.59. The Kier molecular flexibility index (Phi) is 6.52. The molecular formula is C13H20N4O7S2. The average molecular weight is 408 g/mol. The zero-order valence-corrected chi connectivity index (χ0v) is 15.5. The molecule has 1 aliphatic rings. The number of nitrogens with zero attached hydrogens (tertiary/aromatic N) is 2. The standard InChI is InChI=1S/C13H20N4O7S2/c14-25(20,21)9-1-4-15-12-3-2-11(17(18)19)10-13(12)26(22,23)16-5-7-24-8-6-16/h2-3,10,15H,1,4-9H2,(H2,14,20,21). The molecule has 2 rings (SSSR count). The SMILES string of the molecule is NS(=O)(=O)CCCNc1ccc([N+](=O)[O-])cc1S(=O)(=O)N1CCOCC1. The third kappa shape index (κ3) is 5.35. The molecule has 1 aliphatic heterocycles. The predicted octanol–water partition coefficient (Wildman–Crippen LogP) is -0.294. The molecular weight excluding hydrogens is 388 g/mol.